The summed E-state index contributed by atoms with van der Waals surface area (Å²) in [6.07, 6.45) is 7.93. The molecule has 0 aliphatic rings. The number of nitrogens with zero attached hydrogens (tertiary/aromatic N) is 4. The molecule has 0 fully saturated rings. The quantitative estimate of drug-likeness (QED) is 0.572. The summed E-state index contributed by atoms with van der Waals surface area (Å²) < 4.78 is 4.38. The third-order valence-corrected chi connectivity index (χ3v) is 3.57. The van der Waals surface area contributed by atoms with E-state index in [1.54, 1.807) is 0 Å². The van der Waals surface area contributed by atoms with Crippen molar-refractivity contribution >= 4 is 16.7 Å². The SMILES string of the molecule is Cc1nc2cc(N)ccc2n1CCCCn1ccnc1. The van der Waals surface area contributed by atoms with Crippen LogP contribution in [-0.4, -0.2) is 19.1 Å². The number of rotatable bonds is 5. The molecule has 2 N–H and O–H groups in total. The second-order valence-electron chi connectivity index (χ2n) is 5.07. The lowest BCUT2D eigenvalue weighted by Gasteiger charge is -2.07. The van der Waals surface area contributed by atoms with Gasteiger partial charge in [0.15, 0.2) is 0 Å². The molecule has 5 heteroatoms. The molecule has 3 rings (SSSR count). The highest BCUT2D eigenvalue weighted by molar-refractivity contribution is 5.79. The maximum atomic E-state index is 5.80. The summed E-state index contributed by atoms with van der Waals surface area (Å²) in [5.41, 5.74) is 8.72. The summed E-state index contributed by atoms with van der Waals surface area (Å²) in [6, 6.07) is 5.93. The molecule has 5 nitrogen and oxygen atoms in total. The molecule has 104 valence electrons. The standard InChI is InChI=1S/C15H19N5/c1-12-18-14-10-13(16)4-5-15(14)20(12)8-3-2-7-19-9-6-17-11-19/h4-6,9-11H,2-3,7-8,16H2,1H3. The van der Waals surface area contributed by atoms with Crippen LogP contribution in [0.5, 0.6) is 0 Å². The van der Waals surface area contributed by atoms with E-state index in [-0.39, 0.29) is 0 Å². The number of aromatic nitrogens is 4. The van der Waals surface area contributed by atoms with Crippen molar-refractivity contribution in [3.8, 4) is 0 Å². The summed E-state index contributed by atoms with van der Waals surface area (Å²) in [7, 11) is 0. The highest BCUT2D eigenvalue weighted by Gasteiger charge is 2.07. The summed E-state index contributed by atoms with van der Waals surface area (Å²) >= 11 is 0. The average molecular weight is 269 g/mol. The Balaban J connectivity index is 1.66. The van der Waals surface area contributed by atoms with Gasteiger partial charge in [-0.25, -0.2) is 9.97 Å². The van der Waals surface area contributed by atoms with E-state index in [0.29, 0.717) is 0 Å². The first-order chi connectivity index (χ1) is 9.74. The lowest BCUT2D eigenvalue weighted by Crippen LogP contribution is -2.02. The lowest BCUT2D eigenvalue weighted by atomic mass is 10.2. The van der Waals surface area contributed by atoms with Gasteiger partial charge in [-0.05, 0) is 38.0 Å². The van der Waals surface area contributed by atoms with Crippen LogP contribution in [0.4, 0.5) is 5.69 Å². The summed E-state index contributed by atoms with van der Waals surface area (Å²) in [6.45, 7) is 4.05. The van der Waals surface area contributed by atoms with Gasteiger partial charge in [-0.1, -0.05) is 0 Å². The minimum Gasteiger partial charge on any atom is -0.399 e. The number of imidazole rings is 2. The van der Waals surface area contributed by atoms with Crippen molar-refractivity contribution in [3.63, 3.8) is 0 Å². The number of fused-ring (bicyclic) bond motifs is 1. The number of nitrogen functional groups attached to an aromatic ring is 1. The largest absolute Gasteiger partial charge is 0.399 e. The van der Waals surface area contributed by atoms with Crippen LogP contribution in [0.2, 0.25) is 0 Å². The number of nitrogens with two attached hydrogens (primary N) is 1. The van der Waals surface area contributed by atoms with Crippen LogP contribution in [0.15, 0.2) is 36.9 Å². The third kappa shape index (κ3) is 2.52. The molecule has 0 spiro atoms. The predicted molar refractivity (Wildman–Crippen MR) is 80.3 cm³/mol. The normalized spacial score (nSPS) is 11.2. The molecule has 2 aromatic heterocycles. The minimum absolute atomic E-state index is 0.766. The van der Waals surface area contributed by atoms with E-state index in [1.807, 2.05) is 37.8 Å². The Kier molecular flexibility index (Phi) is 3.41. The van der Waals surface area contributed by atoms with Crippen LogP contribution in [0, 0.1) is 6.92 Å². The van der Waals surface area contributed by atoms with Crippen molar-refractivity contribution in [2.45, 2.75) is 32.9 Å². The molecular formula is C15H19N5. The highest BCUT2D eigenvalue weighted by Crippen LogP contribution is 2.19. The Morgan fingerprint density at radius 3 is 2.85 bits per heavy atom. The van der Waals surface area contributed by atoms with Gasteiger partial charge in [0.1, 0.15) is 5.82 Å². The molecule has 0 saturated heterocycles. The molecule has 2 heterocycles. The number of hydrogen-bond donors (Lipinski definition) is 1. The van der Waals surface area contributed by atoms with E-state index in [0.717, 1.165) is 43.0 Å². The first-order valence-corrected chi connectivity index (χ1v) is 6.92. The van der Waals surface area contributed by atoms with E-state index in [9.17, 15) is 0 Å². The van der Waals surface area contributed by atoms with Crippen LogP contribution in [-0.2, 0) is 13.1 Å². The van der Waals surface area contributed by atoms with Crippen LogP contribution < -0.4 is 5.73 Å². The van der Waals surface area contributed by atoms with Crippen molar-refractivity contribution in [2.24, 2.45) is 0 Å². The first kappa shape index (κ1) is 12.7. The Bertz CT molecular complexity index is 696. The van der Waals surface area contributed by atoms with E-state index in [2.05, 4.69) is 25.2 Å². The molecule has 0 aliphatic heterocycles. The second kappa shape index (κ2) is 5.36. The van der Waals surface area contributed by atoms with Gasteiger partial charge in [-0.15, -0.1) is 0 Å². The Labute approximate surface area is 118 Å². The van der Waals surface area contributed by atoms with Crippen molar-refractivity contribution < 1.29 is 0 Å². The average Bonchev–Trinajstić information content (AvgIpc) is 3.02. The third-order valence-electron chi connectivity index (χ3n) is 3.57. The van der Waals surface area contributed by atoms with Gasteiger partial charge in [0.05, 0.1) is 17.4 Å². The Morgan fingerprint density at radius 1 is 1.20 bits per heavy atom. The monoisotopic (exact) mass is 269 g/mol. The molecule has 0 atom stereocenters. The van der Waals surface area contributed by atoms with Crippen molar-refractivity contribution in [2.75, 3.05) is 5.73 Å². The molecule has 0 aliphatic carbocycles. The fourth-order valence-electron chi connectivity index (χ4n) is 2.53. The molecule has 0 amide bonds. The van der Waals surface area contributed by atoms with E-state index in [1.165, 1.54) is 5.52 Å². The Morgan fingerprint density at radius 2 is 2.05 bits per heavy atom. The van der Waals surface area contributed by atoms with Gasteiger partial charge in [-0.3, -0.25) is 0 Å². The zero-order valence-electron chi connectivity index (χ0n) is 11.7. The molecule has 1 aromatic carbocycles. The van der Waals surface area contributed by atoms with Gasteiger partial charge in [0.25, 0.3) is 0 Å². The molecule has 0 bridgehead atoms. The summed E-state index contributed by atoms with van der Waals surface area (Å²) in [4.78, 5) is 8.62. The van der Waals surface area contributed by atoms with Gasteiger partial charge in [-0.2, -0.15) is 0 Å². The topological polar surface area (TPSA) is 61.7 Å². The number of benzene rings is 1. The minimum atomic E-state index is 0.766. The fraction of sp³-hybridized carbons (Fsp3) is 0.333. The number of aryl methyl sites for hydroxylation is 3. The van der Waals surface area contributed by atoms with E-state index >= 15 is 0 Å². The molecular weight excluding hydrogens is 250 g/mol. The van der Waals surface area contributed by atoms with Crippen LogP contribution in [0.3, 0.4) is 0 Å². The van der Waals surface area contributed by atoms with Crippen molar-refractivity contribution in [3.05, 3.63) is 42.7 Å². The second-order valence-corrected chi connectivity index (χ2v) is 5.07. The molecule has 0 radical (unpaired) electrons. The number of unbranched alkanes of at least 4 members (excludes halogenated alkanes) is 1. The van der Waals surface area contributed by atoms with E-state index < -0.39 is 0 Å². The first-order valence-electron chi connectivity index (χ1n) is 6.92. The maximum absolute atomic E-state index is 5.80. The fourth-order valence-corrected chi connectivity index (χ4v) is 2.53. The Hall–Kier alpha value is -2.30. The van der Waals surface area contributed by atoms with Gasteiger partial charge >= 0.3 is 0 Å². The predicted octanol–water partition coefficient (Wildman–Crippen LogP) is 2.60. The number of anilines is 1. The van der Waals surface area contributed by atoms with Crippen LogP contribution >= 0.6 is 0 Å². The van der Waals surface area contributed by atoms with Crippen molar-refractivity contribution in [1.82, 2.24) is 19.1 Å². The zero-order chi connectivity index (χ0) is 13.9. The molecule has 20 heavy (non-hydrogen) atoms. The highest BCUT2D eigenvalue weighted by atomic mass is 15.1. The zero-order valence-corrected chi connectivity index (χ0v) is 11.7. The molecule has 0 saturated carbocycles. The van der Waals surface area contributed by atoms with Gasteiger partial charge in [0.2, 0.25) is 0 Å². The smallest absolute Gasteiger partial charge is 0.106 e. The maximum Gasteiger partial charge on any atom is 0.106 e. The van der Waals surface area contributed by atoms with Crippen LogP contribution in [0.1, 0.15) is 18.7 Å². The number of hydrogen-bond acceptors (Lipinski definition) is 3. The van der Waals surface area contributed by atoms with Crippen LogP contribution in [0.25, 0.3) is 11.0 Å². The van der Waals surface area contributed by atoms with Gasteiger partial charge in [0, 0.05) is 31.2 Å². The van der Waals surface area contributed by atoms with Crippen molar-refractivity contribution in [1.29, 1.82) is 0 Å². The van der Waals surface area contributed by atoms with E-state index in [4.69, 9.17) is 5.73 Å². The lowest BCUT2D eigenvalue weighted by molar-refractivity contribution is 0.553. The summed E-state index contributed by atoms with van der Waals surface area (Å²) in [5, 5.41) is 0. The summed E-state index contributed by atoms with van der Waals surface area (Å²) in [5.74, 6) is 1.05. The van der Waals surface area contributed by atoms with Gasteiger partial charge < -0.3 is 14.9 Å². The molecule has 0 unspecified atom stereocenters. The molecule has 3 aromatic rings.